The van der Waals surface area contributed by atoms with Crippen LogP contribution in [0.15, 0.2) is 41.1 Å². The fourth-order valence-corrected chi connectivity index (χ4v) is 8.74. The summed E-state index contributed by atoms with van der Waals surface area (Å²) in [6.45, 7) is 10.4. The predicted molar refractivity (Wildman–Crippen MR) is 127 cm³/mol. The Labute approximate surface area is 188 Å². The smallest absolute Gasteiger partial charge is 0.377 e. The number of aryl methyl sites for hydroxylation is 1. The largest absolute Gasteiger partial charge is 0.501 e. The monoisotopic (exact) mass is 442 g/mol. The molecule has 2 saturated carbocycles. The van der Waals surface area contributed by atoms with Crippen LogP contribution in [0.5, 0.6) is 0 Å². The van der Waals surface area contributed by atoms with Gasteiger partial charge in [-0.3, -0.25) is 5.43 Å². The van der Waals surface area contributed by atoms with Crippen molar-refractivity contribution in [3.8, 4) is 0 Å². The average Bonchev–Trinajstić information content (AvgIpc) is 3.31. The summed E-state index contributed by atoms with van der Waals surface area (Å²) in [6.07, 6.45) is 6.01. The molecule has 31 heavy (non-hydrogen) atoms. The fourth-order valence-electron chi connectivity index (χ4n) is 5.89. The molecule has 6 heteroatoms. The van der Waals surface area contributed by atoms with E-state index in [1.807, 2.05) is 0 Å². The molecule has 3 aliphatic rings. The second-order valence-electron chi connectivity index (χ2n) is 9.97. The first-order valence-electron chi connectivity index (χ1n) is 11.8. The number of nitrogens with one attached hydrogen (secondary N) is 1. The lowest BCUT2D eigenvalue weighted by Gasteiger charge is -2.36. The van der Waals surface area contributed by atoms with Crippen LogP contribution in [0, 0.1) is 30.6 Å². The van der Waals surface area contributed by atoms with Crippen molar-refractivity contribution in [2.45, 2.75) is 72.1 Å². The molecule has 4 atom stereocenters. The van der Waals surface area contributed by atoms with Crippen LogP contribution in [-0.4, -0.2) is 33.8 Å². The first-order valence-corrected chi connectivity index (χ1v) is 13.8. The topological polar surface area (TPSA) is 52.1 Å². The maximum Gasteiger partial charge on any atom is 0.501 e. The van der Waals surface area contributed by atoms with Gasteiger partial charge in [0.15, 0.2) is 0 Å². The maximum atomic E-state index is 6.28. The molecule has 5 nitrogen and oxygen atoms in total. The zero-order valence-electron chi connectivity index (χ0n) is 19.9. The zero-order chi connectivity index (χ0) is 22.2. The van der Waals surface area contributed by atoms with E-state index in [1.165, 1.54) is 29.7 Å². The molecular formula is C25H38N2O3Si. The van der Waals surface area contributed by atoms with Crippen molar-refractivity contribution in [2.24, 2.45) is 28.8 Å². The van der Waals surface area contributed by atoms with E-state index >= 15 is 0 Å². The number of nitrogens with zero attached hydrogens (tertiary/aromatic N) is 1. The summed E-state index contributed by atoms with van der Waals surface area (Å²) < 4.78 is 18.5. The summed E-state index contributed by atoms with van der Waals surface area (Å²) >= 11 is 0. The van der Waals surface area contributed by atoms with Gasteiger partial charge in [-0.1, -0.05) is 29.8 Å². The summed E-state index contributed by atoms with van der Waals surface area (Å²) in [5.74, 6) is 2.44. The van der Waals surface area contributed by atoms with Crippen molar-refractivity contribution in [1.82, 2.24) is 5.43 Å². The van der Waals surface area contributed by atoms with Crippen molar-refractivity contribution < 1.29 is 13.3 Å². The Hall–Kier alpha value is -1.47. The molecule has 2 aliphatic carbocycles. The van der Waals surface area contributed by atoms with Crippen molar-refractivity contribution in [3.63, 3.8) is 0 Å². The second kappa shape index (κ2) is 9.18. The van der Waals surface area contributed by atoms with Crippen LogP contribution >= 0.6 is 0 Å². The minimum absolute atomic E-state index is 0.105. The van der Waals surface area contributed by atoms with Gasteiger partial charge in [0.2, 0.25) is 0 Å². The molecular weight excluding hydrogens is 404 g/mol. The van der Waals surface area contributed by atoms with Gasteiger partial charge in [-0.25, -0.2) is 0 Å². The van der Waals surface area contributed by atoms with Crippen LogP contribution in [0.25, 0.3) is 0 Å². The Morgan fingerprint density at radius 2 is 1.74 bits per heavy atom. The van der Waals surface area contributed by atoms with E-state index in [0.29, 0.717) is 23.7 Å². The summed E-state index contributed by atoms with van der Waals surface area (Å²) in [4.78, 5) is 0. The lowest BCUT2D eigenvalue weighted by molar-refractivity contribution is 0.0311. The molecule has 2 fully saturated rings. The van der Waals surface area contributed by atoms with Gasteiger partial charge in [0.05, 0.1) is 5.71 Å². The zero-order valence-corrected chi connectivity index (χ0v) is 20.9. The highest BCUT2D eigenvalue weighted by Crippen LogP contribution is 2.57. The van der Waals surface area contributed by atoms with Gasteiger partial charge >= 0.3 is 8.80 Å². The van der Waals surface area contributed by atoms with Gasteiger partial charge in [-0.2, -0.15) is 5.10 Å². The SMILES string of the molecule is CO[Si](CCC1CC2CC1C1=CNN=C(c3ccc(C)cc3)C12)(OC(C)C)OC(C)C. The summed E-state index contributed by atoms with van der Waals surface area (Å²) in [6, 6.07) is 9.69. The Kier molecular flexibility index (Phi) is 6.72. The summed E-state index contributed by atoms with van der Waals surface area (Å²) in [5.41, 5.74) is 8.52. The highest BCUT2D eigenvalue weighted by Gasteiger charge is 2.53. The Morgan fingerprint density at radius 3 is 2.35 bits per heavy atom. The normalized spacial score (nSPS) is 27.4. The molecule has 4 unspecified atom stereocenters. The minimum Gasteiger partial charge on any atom is -0.377 e. The number of fused-ring (bicyclic) bond motifs is 5. The Balaban J connectivity index is 1.46. The first kappa shape index (κ1) is 22.7. The fraction of sp³-hybridized carbons (Fsp3) is 0.640. The van der Waals surface area contributed by atoms with E-state index in [0.717, 1.165) is 12.5 Å². The van der Waals surface area contributed by atoms with Gasteiger partial charge in [0, 0.05) is 37.5 Å². The van der Waals surface area contributed by atoms with E-state index in [1.54, 1.807) is 12.7 Å². The number of benzene rings is 1. The molecule has 0 saturated heterocycles. The van der Waals surface area contributed by atoms with E-state index in [4.69, 9.17) is 18.4 Å². The van der Waals surface area contributed by atoms with Gasteiger partial charge in [-0.15, -0.1) is 0 Å². The predicted octanol–water partition coefficient (Wildman–Crippen LogP) is 5.28. The number of allylic oxidation sites excluding steroid dienone is 1. The molecule has 0 amide bonds. The highest BCUT2D eigenvalue weighted by atomic mass is 28.4. The van der Waals surface area contributed by atoms with Crippen molar-refractivity contribution in [1.29, 1.82) is 0 Å². The molecule has 0 spiro atoms. The van der Waals surface area contributed by atoms with Crippen LogP contribution in [0.3, 0.4) is 0 Å². The van der Waals surface area contributed by atoms with Gasteiger partial charge < -0.3 is 13.3 Å². The van der Waals surface area contributed by atoms with Crippen molar-refractivity contribution >= 4 is 14.5 Å². The highest BCUT2D eigenvalue weighted by molar-refractivity contribution is 6.60. The van der Waals surface area contributed by atoms with Crippen LogP contribution < -0.4 is 5.43 Å². The van der Waals surface area contributed by atoms with Crippen molar-refractivity contribution in [2.75, 3.05) is 7.11 Å². The van der Waals surface area contributed by atoms with Crippen LogP contribution in [-0.2, 0) is 13.3 Å². The van der Waals surface area contributed by atoms with Gasteiger partial charge in [0.25, 0.3) is 0 Å². The lowest BCUT2D eigenvalue weighted by atomic mass is 9.74. The molecule has 0 radical (unpaired) electrons. The van der Waals surface area contributed by atoms with Crippen LogP contribution in [0.1, 0.15) is 58.1 Å². The lowest BCUT2D eigenvalue weighted by Crippen LogP contribution is -2.48. The third kappa shape index (κ3) is 4.68. The molecule has 1 aromatic carbocycles. The molecule has 170 valence electrons. The maximum absolute atomic E-state index is 6.28. The molecule has 4 rings (SSSR count). The summed E-state index contributed by atoms with van der Waals surface area (Å²) in [7, 11) is -0.909. The number of hydrogen-bond donors (Lipinski definition) is 1. The number of rotatable bonds is 9. The first-order chi connectivity index (χ1) is 14.8. The van der Waals surface area contributed by atoms with Crippen LogP contribution in [0.4, 0.5) is 0 Å². The van der Waals surface area contributed by atoms with Gasteiger partial charge in [0.1, 0.15) is 0 Å². The standard InChI is InChI=1S/C25H38N2O3Si/c1-16(2)29-31(28-6,30-17(3)4)12-11-20-13-21-14-22(20)23-15-26-27-25(24(21)23)19-9-7-18(5)8-10-19/h7-10,15-17,20-22,24,26H,11-14H2,1-6H3. The van der Waals surface area contributed by atoms with Crippen molar-refractivity contribution in [3.05, 3.63) is 47.2 Å². The van der Waals surface area contributed by atoms with E-state index in [2.05, 4.69) is 70.5 Å². The Bertz CT molecular complexity index is 824. The van der Waals surface area contributed by atoms with E-state index in [-0.39, 0.29) is 12.2 Å². The number of hydrogen-bond acceptors (Lipinski definition) is 5. The third-order valence-electron chi connectivity index (χ3n) is 7.01. The molecule has 1 N–H and O–H groups in total. The quantitative estimate of drug-likeness (QED) is 0.528. The van der Waals surface area contributed by atoms with E-state index < -0.39 is 8.80 Å². The summed E-state index contributed by atoms with van der Waals surface area (Å²) in [5, 5.41) is 4.72. The Morgan fingerprint density at radius 1 is 1.06 bits per heavy atom. The third-order valence-corrected chi connectivity index (χ3v) is 10.2. The molecule has 1 aromatic rings. The van der Waals surface area contributed by atoms with E-state index in [9.17, 15) is 0 Å². The molecule has 1 heterocycles. The minimum atomic E-state index is -2.66. The average molecular weight is 443 g/mol. The molecule has 0 aromatic heterocycles. The van der Waals surface area contributed by atoms with Crippen LogP contribution in [0.2, 0.25) is 6.04 Å². The molecule has 2 bridgehead atoms. The molecule has 1 aliphatic heterocycles. The second-order valence-corrected chi connectivity index (χ2v) is 12.7. The van der Waals surface area contributed by atoms with Gasteiger partial charge in [-0.05, 0) is 82.8 Å². The number of hydrazone groups is 1.